The summed E-state index contributed by atoms with van der Waals surface area (Å²) < 4.78 is 25.2. The van der Waals surface area contributed by atoms with Crippen molar-refractivity contribution in [3.63, 3.8) is 0 Å². The van der Waals surface area contributed by atoms with E-state index in [1.807, 2.05) is 7.05 Å². The molecule has 1 saturated heterocycles. The molecule has 3 atom stereocenters. The number of carbonyl (C=O) groups is 4. The predicted octanol–water partition coefficient (Wildman–Crippen LogP) is 4.23. The van der Waals surface area contributed by atoms with E-state index in [0.29, 0.717) is 54.2 Å². The number of rotatable bonds is 11. The number of piperazine rings is 1. The van der Waals surface area contributed by atoms with Crippen LogP contribution in [0, 0.1) is 17.7 Å². The highest BCUT2D eigenvalue weighted by Crippen LogP contribution is 2.32. The van der Waals surface area contributed by atoms with Crippen LogP contribution in [0.15, 0.2) is 53.5 Å². The van der Waals surface area contributed by atoms with E-state index in [9.17, 15) is 19.2 Å². The molecule has 12 nitrogen and oxygen atoms in total. The van der Waals surface area contributed by atoms with E-state index in [2.05, 4.69) is 37.0 Å². The van der Waals surface area contributed by atoms with Crippen molar-refractivity contribution in [3.8, 4) is 0 Å². The first-order chi connectivity index (χ1) is 24.1. The number of ketones is 1. The van der Waals surface area contributed by atoms with Gasteiger partial charge in [0, 0.05) is 50.9 Å². The summed E-state index contributed by atoms with van der Waals surface area (Å²) in [5, 5.41) is 10.1. The van der Waals surface area contributed by atoms with E-state index in [1.54, 1.807) is 42.4 Å². The van der Waals surface area contributed by atoms with Gasteiger partial charge in [0.15, 0.2) is 5.78 Å². The molecule has 0 unspecified atom stereocenters. The third-order valence-electron chi connectivity index (χ3n) is 10.2. The zero-order chi connectivity index (χ0) is 35.4. The minimum atomic E-state index is -0.970. The molecule has 4 aromatic rings. The molecule has 264 valence electrons. The van der Waals surface area contributed by atoms with Crippen molar-refractivity contribution in [2.24, 2.45) is 11.8 Å². The molecule has 0 bridgehead atoms. The number of halogens is 1. The molecule has 3 aromatic heterocycles. The van der Waals surface area contributed by atoms with Crippen molar-refractivity contribution in [3.05, 3.63) is 76.5 Å². The highest BCUT2D eigenvalue weighted by atomic mass is 32.1. The van der Waals surface area contributed by atoms with Gasteiger partial charge in [-0.15, -0.1) is 5.10 Å². The third-order valence-corrected chi connectivity index (χ3v) is 10.9. The molecule has 3 amide bonds. The SMILES string of the molecule is CC1CCC([C@H](NC(=O)c2coc3ccncc23)C(=O)Cc2ccc([C@H](C)[C@@H](NC(=O)c3cnns3)C(=O)N3CCN(C)CC3)cc2F)CC1. The molecule has 1 aromatic carbocycles. The fourth-order valence-electron chi connectivity index (χ4n) is 6.93. The normalized spacial score (nSPS) is 20.2. The monoisotopic (exact) mass is 703 g/mol. The second kappa shape index (κ2) is 15.5. The van der Waals surface area contributed by atoms with E-state index in [1.165, 1.54) is 18.5 Å². The Morgan fingerprint density at radius 3 is 2.48 bits per heavy atom. The van der Waals surface area contributed by atoms with E-state index in [-0.39, 0.29) is 34.5 Å². The summed E-state index contributed by atoms with van der Waals surface area (Å²) in [7, 11) is 1.99. The first-order valence-electron chi connectivity index (χ1n) is 17.1. The van der Waals surface area contributed by atoms with Crippen LogP contribution in [0.2, 0.25) is 0 Å². The van der Waals surface area contributed by atoms with Crippen LogP contribution in [0.3, 0.4) is 0 Å². The molecule has 14 heteroatoms. The molecular formula is C36H42FN7O5S. The number of hydrogen-bond donors (Lipinski definition) is 2. The lowest BCUT2D eigenvalue weighted by Gasteiger charge is -2.36. The van der Waals surface area contributed by atoms with Crippen molar-refractivity contribution < 1.29 is 28.0 Å². The molecule has 0 spiro atoms. The predicted molar refractivity (Wildman–Crippen MR) is 185 cm³/mol. The number of hydrogen-bond acceptors (Lipinski definition) is 10. The van der Waals surface area contributed by atoms with Crippen LogP contribution in [-0.2, 0) is 16.0 Å². The Morgan fingerprint density at radius 2 is 1.78 bits per heavy atom. The van der Waals surface area contributed by atoms with Crippen LogP contribution < -0.4 is 10.6 Å². The molecule has 2 fully saturated rings. The largest absolute Gasteiger partial charge is 0.463 e. The van der Waals surface area contributed by atoms with Gasteiger partial charge in [0.1, 0.15) is 28.6 Å². The Hall–Kier alpha value is -4.56. The maximum atomic E-state index is 15.9. The summed E-state index contributed by atoms with van der Waals surface area (Å²) in [5.74, 6) is -2.20. The molecule has 2 aliphatic rings. The average Bonchev–Trinajstić information content (AvgIpc) is 3.82. The Morgan fingerprint density at radius 1 is 1.02 bits per heavy atom. The lowest BCUT2D eigenvalue weighted by Crippen LogP contribution is -2.55. The molecule has 1 aliphatic carbocycles. The Kier molecular flexibility index (Phi) is 11.0. The van der Waals surface area contributed by atoms with Gasteiger partial charge in [-0.1, -0.05) is 43.3 Å². The molecule has 50 heavy (non-hydrogen) atoms. The number of Topliss-reactive ketones (excluding diaryl/α,β-unsaturated/α-hetero) is 1. The minimum absolute atomic E-state index is 0.0833. The summed E-state index contributed by atoms with van der Waals surface area (Å²) in [6.45, 7) is 6.38. The highest BCUT2D eigenvalue weighted by molar-refractivity contribution is 7.07. The topological polar surface area (TPSA) is 151 Å². The van der Waals surface area contributed by atoms with Crippen molar-refractivity contribution in [2.45, 2.75) is 64.0 Å². The minimum Gasteiger partial charge on any atom is -0.463 e. The number of furan rings is 1. The lowest BCUT2D eigenvalue weighted by atomic mass is 9.77. The van der Waals surface area contributed by atoms with E-state index in [4.69, 9.17) is 4.42 Å². The van der Waals surface area contributed by atoms with Gasteiger partial charge in [-0.2, -0.15) is 0 Å². The van der Waals surface area contributed by atoms with Gasteiger partial charge < -0.3 is 24.9 Å². The van der Waals surface area contributed by atoms with Gasteiger partial charge in [-0.25, -0.2) is 4.39 Å². The number of nitrogens with zero attached hydrogens (tertiary/aromatic N) is 5. The van der Waals surface area contributed by atoms with Crippen LogP contribution >= 0.6 is 11.5 Å². The molecule has 6 rings (SSSR count). The Balaban J connectivity index is 1.20. The number of carbonyl (C=O) groups excluding carboxylic acids is 4. The number of fused-ring (bicyclic) bond motifs is 1. The van der Waals surface area contributed by atoms with Crippen LogP contribution in [0.4, 0.5) is 4.39 Å². The molecule has 0 radical (unpaired) electrons. The summed E-state index contributed by atoms with van der Waals surface area (Å²) in [4.78, 5) is 62.5. The van der Waals surface area contributed by atoms with Crippen LogP contribution in [0.5, 0.6) is 0 Å². The zero-order valence-electron chi connectivity index (χ0n) is 28.4. The second-order valence-electron chi connectivity index (χ2n) is 13.6. The first kappa shape index (κ1) is 35.3. The Labute approximate surface area is 294 Å². The van der Waals surface area contributed by atoms with Gasteiger partial charge in [0.05, 0.1) is 23.2 Å². The number of likely N-dealkylation sites (N-methyl/N-ethyl adjacent to an activating group) is 1. The van der Waals surface area contributed by atoms with Gasteiger partial charge in [0.25, 0.3) is 11.8 Å². The zero-order valence-corrected chi connectivity index (χ0v) is 29.2. The maximum absolute atomic E-state index is 15.9. The molecule has 1 aliphatic heterocycles. The van der Waals surface area contributed by atoms with E-state index < -0.39 is 35.6 Å². The quantitative estimate of drug-likeness (QED) is 0.234. The fourth-order valence-corrected chi connectivity index (χ4v) is 7.35. The maximum Gasteiger partial charge on any atom is 0.265 e. The van der Waals surface area contributed by atoms with Gasteiger partial charge in [-0.05, 0) is 66.5 Å². The van der Waals surface area contributed by atoms with Crippen LogP contribution in [0.1, 0.15) is 76.6 Å². The highest BCUT2D eigenvalue weighted by Gasteiger charge is 2.35. The fraction of sp³-hybridized carbons (Fsp3) is 0.472. The summed E-state index contributed by atoms with van der Waals surface area (Å²) in [5.41, 5.74) is 1.50. The molecule has 2 N–H and O–H groups in total. The Bertz CT molecular complexity index is 1830. The van der Waals surface area contributed by atoms with Gasteiger partial charge in [-0.3, -0.25) is 24.2 Å². The van der Waals surface area contributed by atoms with Crippen molar-refractivity contribution in [1.82, 2.24) is 35.0 Å². The van der Waals surface area contributed by atoms with E-state index in [0.717, 1.165) is 37.2 Å². The lowest BCUT2D eigenvalue weighted by molar-refractivity contribution is -0.135. The van der Waals surface area contributed by atoms with Crippen molar-refractivity contribution in [2.75, 3.05) is 33.2 Å². The third kappa shape index (κ3) is 7.91. The van der Waals surface area contributed by atoms with Gasteiger partial charge >= 0.3 is 0 Å². The molecular weight excluding hydrogens is 662 g/mol. The van der Waals surface area contributed by atoms with Crippen molar-refractivity contribution >= 4 is 46.0 Å². The average molecular weight is 704 g/mol. The number of pyridine rings is 1. The number of aromatic nitrogens is 3. The number of amides is 3. The van der Waals surface area contributed by atoms with Gasteiger partial charge in [0.2, 0.25) is 5.91 Å². The molecule has 1 saturated carbocycles. The summed E-state index contributed by atoms with van der Waals surface area (Å²) in [6, 6.07) is 4.48. The van der Waals surface area contributed by atoms with E-state index >= 15 is 4.39 Å². The first-order valence-corrected chi connectivity index (χ1v) is 17.8. The summed E-state index contributed by atoms with van der Waals surface area (Å²) >= 11 is 0.923. The molecule has 4 heterocycles. The smallest absolute Gasteiger partial charge is 0.265 e. The summed E-state index contributed by atoms with van der Waals surface area (Å²) in [6.07, 6.45) is 9.04. The second-order valence-corrected chi connectivity index (χ2v) is 14.4. The van der Waals surface area contributed by atoms with Crippen molar-refractivity contribution in [1.29, 1.82) is 0 Å². The number of nitrogens with one attached hydrogen (secondary N) is 2. The standard InChI is InChI=1S/C36H42FN7O5S/c1-21-4-6-23(7-5-21)33(41-34(46)27-20-49-30-10-11-38-18-26(27)30)29(45)17-25-9-8-24(16-28(25)37)22(2)32(40-35(47)31-19-39-42-50-31)36(48)44-14-12-43(3)13-15-44/h8-11,16,18-23,32-33H,4-7,12-15,17H2,1-3H3,(H,40,47)(H,41,46)/t21?,22-,23?,32+,33-/m0/s1. The van der Waals surface area contributed by atoms with Crippen LogP contribution in [0.25, 0.3) is 11.0 Å². The van der Waals surface area contributed by atoms with Crippen LogP contribution in [-0.4, -0.2) is 93.2 Å². The number of benzene rings is 1.